The molecule has 7 heteroatoms. The highest BCUT2D eigenvalue weighted by molar-refractivity contribution is 5.84. The fourth-order valence-electron chi connectivity index (χ4n) is 1.33. The fourth-order valence-corrected chi connectivity index (χ4v) is 1.33. The zero-order valence-corrected chi connectivity index (χ0v) is 13.7. The Hall–Kier alpha value is -1.79. The lowest BCUT2D eigenvalue weighted by molar-refractivity contribution is -0.157. The summed E-state index contributed by atoms with van der Waals surface area (Å²) < 4.78 is 10.2. The van der Waals surface area contributed by atoms with Gasteiger partial charge in [-0.2, -0.15) is 0 Å². The monoisotopic (exact) mass is 303 g/mol. The number of esters is 1. The molecule has 0 aromatic heterocycles. The van der Waals surface area contributed by atoms with Gasteiger partial charge in [-0.15, -0.1) is 0 Å². The Morgan fingerprint density at radius 1 is 1.00 bits per heavy atom. The first-order chi connectivity index (χ1) is 9.23. The molecule has 1 amide bonds. The number of aliphatic carboxylic acids is 1. The van der Waals surface area contributed by atoms with E-state index in [4.69, 9.17) is 14.6 Å². The van der Waals surface area contributed by atoms with Gasteiger partial charge in [0.1, 0.15) is 23.8 Å². The second-order valence-electron chi connectivity index (χ2n) is 6.71. The van der Waals surface area contributed by atoms with E-state index in [1.54, 1.807) is 41.5 Å². The molecule has 0 saturated carbocycles. The molecule has 0 fully saturated rings. The molecule has 1 atom stereocenters. The third kappa shape index (κ3) is 8.16. The number of nitrogens with zero attached hydrogens (tertiary/aromatic N) is 1. The molecule has 0 saturated heterocycles. The number of carboxylic acids is 1. The van der Waals surface area contributed by atoms with E-state index in [1.165, 1.54) is 6.92 Å². The van der Waals surface area contributed by atoms with Crippen LogP contribution in [0, 0.1) is 0 Å². The van der Waals surface area contributed by atoms with Crippen molar-refractivity contribution in [2.45, 2.75) is 65.7 Å². The summed E-state index contributed by atoms with van der Waals surface area (Å²) in [5.74, 6) is -1.93. The maximum Gasteiger partial charge on any atom is 0.411 e. The number of rotatable bonds is 4. The van der Waals surface area contributed by atoms with Gasteiger partial charge in [0.2, 0.25) is 0 Å². The van der Waals surface area contributed by atoms with Crippen LogP contribution in [0.3, 0.4) is 0 Å². The van der Waals surface area contributed by atoms with E-state index >= 15 is 0 Å². The van der Waals surface area contributed by atoms with Crippen molar-refractivity contribution in [1.82, 2.24) is 4.90 Å². The summed E-state index contributed by atoms with van der Waals surface area (Å²) in [6.07, 6.45) is -0.872. The predicted octanol–water partition coefficient (Wildman–Crippen LogP) is 2.04. The van der Waals surface area contributed by atoms with E-state index in [0.717, 1.165) is 4.90 Å². The second kappa shape index (κ2) is 6.78. The van der Waals surface area contributed by atoms with Crippen LogP contribution in [0.2, 0.25) is 0 Å². The molecule has 0 aliphatic heterocycles. The zero-order chi connectivity index (χ0) is 17.0. The summed E-state index contributed by atoms with van der Waals surface area (Å²) in [6, 6.07) is -1.20. The molecule has 0 radical (unpaired) electrons. The third-order valence-corrected chi connectivity index (χ3v) is 2.17. The molecule has 1 N–H and O–H groups in total. The van der Waals surface area contributed by atoms with Crippen molar-refractivity contribution in [2.75, 3.05) is 6.54 Å². The number of carboxylic acid groups (broad SMARTS) is 1. The summed E-state index contributed by atoms with van der Waals surface area (Å²) in [4.78, 5) is 35.8. The molecule has 0 aromatic carbocycles. The number of hydrogen-bond donors (Lipinski definition) is 1. The molecule has 7 nitrogen and oxygen atoms in total. The minimum Gasteiger partial charge on any atom is -0.480 e. The first kappa shape index (κ1) is 19.2. The van der Waals surface area contributed by atoms with Gasteiger partial charge in [0.25, 0.3) is 0 Å². The molecule has 0 aliphatic carbocycles. The summed E-state index contributed by atoms with van der Waals surface area (Å²) in [5.41, 5.74) is -1.51. The fraction of sp³-hybridized carbons (Fsp3) is 0.786. The lowest BCUT2D eigenvalue weighted by Crippen LogP contribution is -2.49. The molecule has 0 aliphatic rings. The minimum atomic E-state index is -1.23. The van der Waals surface area contributed by atoms with Crippen LogP contribution >= 0.6 is 0 Å². The normalized spacial score (nSPS) is 13.3. The molecular weight excluding hydrogens is 278 g/mol. The molecule has 0 aromatic rings. The summed E-state index contributed by atoms with van der Waals surface area (Å²) in [7, 11) is 0. The molecule has 0 rings (SSSR count). The van der Waals surface area contributed by atoms with Gasteiger partial charge in [-0.1, -0.05) is 0 Å². The van der Waals surface area contributed by atoms with Gasteiger partial charge < -0.3 is 14.6 Å². The van der Waals surface area contributed by atoms with Gasteiger partial charge in [0.15, 0.2) is 0 Å². The Kier molecular flexibility index (Phi) is 6.20. The van der Waals surface area contributed by atoms with Crippen molar-refractivity contribution in [3.63, 3.8) is 0 Å². The van der Waals surface area contributed by atoms with E-state index in [0.29, 0.717) is 0 Å². The Morgan fingerprint density at radius 3 is 1.76 bits per heavy atom. The van der Waals surface area contributed by atoms with Crippen molar-refractivity contribution >= 4 is 18.0 Å². The van der Waals surface area contributed by atoms with Crippen LogP contribution in [0.5, 0.6) is 0 Å². The van der Waals surface area contributed by atoms with Crippen LogP contribution in [0.25, 0.3) is 0 Å². The van der Waals surface area contributed by atoms with Crippen molar-refractivity contribution < 1.29 is 29.0 Å². The van der Waals surface area contributed by atoms with Crippen LogP contribution in [0.1, 0.15) is 48.5 Å². The highest BCUT2D eigenvalue weighted by Gasteiger charge is 2.32. The van der Waals surface area contributed by atoms with Crippen LogP contribution in [-0.2, 0) is 19.1 Å². The lowest BCUT2D eigenvalue weighted by Gasteiger charge is -2.30. The van der Waals surface area contributed by atoms with E-state index in [2.05, 4.69) is 0 Å². The highest BCUT2D eigenvalue weighted by Crippen LogP contribution is 2.14. The Bertz CT molecular complexity index is 405. The van der Waals surface area contributed by atoms with Crippen molar-refractivity contribution in [3.8, 4) is 0 Å². The van der Waals surface area contributed by atoms with E-state index in [-0.39, 0.29) is 0 Å². The number of carbonyl (C=O) groups is 3. The average Bonchev–Trinajstić information content (AvgIpc) is 2.19. The van der Waals surface area contributed by atoms with Crippen LogP contribution in [0.4, 0.5) is 4.79 Å². The molecule has 21 heavy (non-hydrogen) atoms. The zero-order valence-electron chi connectivity index (χ0n) is 13.7. The maximum atomic E-state index is 12.0. The minimum absolute atomic E-state index is 0.486. The smallest absolute Gasteiger partial charge is 0.411 e. The molecule has 122 valence electrons. The molecule has 0 heterocycles. The van der Waals surface area contributed by atoms with Crippen LogP contribution in [0.15, 0.2) is 0 Å². The standard InChI is InChI=1S/C14H25NO6/c1-9(11(17)18)15(12(19)21-14(5,6)7)8-10(16)20-13(2,3)4/h9H,8H2,1-7H3,(H,17,18)/t9-/m1/s1. The topological polar surface area (TPSA) is 93.1 Å². The van der Waals surface area contributed by atoms with E-state index in [1.807, 2.05) is 0 Å². The van der Waals surface area contributed by atoms with Crippen LogP contribution in [-0.4, -0.2) is 51.8 Å². The number of hydrogen-bond acceptors (Lipinski definition) is 5. The molecule has 0 bridgehead atoms. The van der Waals surface area contributed by atoms with Gasteiger partial charge in [0, 0.05) is 0 Å². The van der Waals surface area contributed by atoms with Gasteiger partial charge in [0.05, 0.1) is 0 Å². The lowest BCUT2D eigenvalue weighted by atomic mass is 10.2. The summed E-state index contributed by atoms with van der Waals surface area (Å²) >= 11 is 0. The quantitative estimate of drug-likeness (QED) is 0.799. The van der Waals surface area contributed by atoms with Crippen LogP contribution < -0.4 is 0 Å². The Balaban J connectivity index is 5.04. The highest BCUT2D eigenvalue weighted by atomic mass is 16.6. The number of carbonyl (C=O) groups excluding carboxylic acids is 2. The Morgan fingerprint density at radius 2 is 1.43 bits per heavy atom. The maximum absolute atomic E-state index is 12.0. The van der Waals surface area contributed by atoms with Gasteiger partial charge in [-0.05, 0) is 48.5 Å². The predicted molar refractivity (Wildman–Crippen MR) is 75.9 cm³/mol. The Labute approximate surface area is 125 Å². The van der Waals surface area contributed by atoms with E-state index in [9.17, 15) is 14.4 Å². The number of ether oxygens (including phenoxy) is 2. The third-order valence-electron chi connectivity index (χ3n) is 2.17. The number of amides is 1. The largest absolute Gasteiger partial charge is 0.480 e. The second-order valence-corrected chi connectivity index (χ2v) is 6.71. The van der Waals surface area contributed by atoms with Gasteiger partial charge >= 0.3 is 18.0 Å². The van der Waals surface area contributed by atoms with E-state index < -0.39 is 41.8 Å². The van der Waals surface area contributed by atoms with Gasteiger partial charge in [-0.3, -0.25) is 9.69 Å². The SMILES string of the molecule is C[C@H](C(=O)O)N(CC(=O)OC(C)(C)C)C(=O)OC(C)(C)C. The van der Waals surface area contributed by atoms with Crippen molar-refractivity contribution in [2.24, 2.45) is 0 Å². The van der Waals surface area contributed by atoms with Crippen molar-refractivity contribution in [1.29, 1.82) is 0 Å². The molecule has 0 spiro atoms. The summed E-state index contributed by atoms with van der Waals surface area (Å²) in [5, 5.41) is 9.04. The molecular formula is C14H25NO6. The average molecular weight is 303 g/mol. The molecule has 0 unspecified atom stereocenters. The van der Waals surface area contributed by atoms with Crippen molar-refractivity contribution in [3.05, 3.63) is 0 Å². The van der Waals surface area contributed by atoms with Gasteiger partial charge in [-0.25, -0.2) is 9.59 Å². The first-order valence-electron chi connectivity index (χ1n) is 6.67. The first-order valence-corrected chi connectivity index (χ1v) is 6.67. The summed E-state index contributed by atoms with van der Waals surface area (Å²) in [6.45, 7) is 10.8.